The van der Waals surface area contributed by atoms with Crippen LogP contribution in [-0.2, 0) is 4.74 Å². The minimum atomic E-state index is -0.504. The highest BCUT2D eigenvalue weighted by molar-refractivity contribution is 6.37. The first-order chi connectivity index (χ1) is 10.7. The van der Waals surface area contributed by atoms with Gasteiger partial charge in [-0.1, -0.05) is 41.9 Å². The monoisotopic (exact) mass is 322 g/mol. The van der Waals surface area contributed by atoms with Gasteiger partial charge in [0.05, 0.1) is 18.2 Å². The molecule has 0 amide bonds. The third-order valence-electron chi connectivity index (χ3n) is 3.98. The van der Waals surface area contributed by atoms with E-state index in [0.717, 1.165) is 37.1 Å². The molecule has 1 fully saturated rings. The topological polar surface area (TPSA) is 43.1 Å². The molecule has 1 heterocycles. The van der Waals surface area contributed by atoms with Gasteiger partial charge in [-0.15, -0.1) is 0 Å². The number of aliphatic hydroxyl groups excluding tert-OH is 1. The molecule has 0 spiro atoms. The van der Waals surface area contributed by atoms with E-state index in [9.17, 15) is 5.11 Å². The molecule has 3 rings (SSSR count). The number of rotatable bonds is 5. The fourth-order valence-electron chi connectivity index (χ4n) is 2.77. The number of benzene rings is 2. The standard InChI is InChI=1S/C17H20ClNO3/c18-17-15-4-2-1-3-13(15)5-6-16(17)22-12-14(20)11-19-7-9-21-10-8-19/h1-6,14,20H,7-12H2/p+1/t14-/m1/s1. The molecule has 0 bridgehead atoms. The lowest BCUT2D eigenvalue weighted by molar-refractivity contribution is -0.911. The van der Waals surface area contributed by atoms with Gasteiger partial charge in [0.1, 0.15) is 38.1 Å². The Morgan fingerprint density at radius 1 is 1.18 bits per heavy atom. The van der Waals surface area contributed by atoms with Crippen molar-refractivity contribution in [2.45, 2.75) is 6.10 Å². The Kier molecular flexibility index (Phi) is 5.16. The molecule has 0 radical (unpaired) electrons. The van der Waals surface area contributed by atoms with E-state index in [4.69, 9.17) is 21.1 Å². The summed E-state index contributed by atoms with van der Waals surface area (Å²) in [7, 11) is 0. The van der Waals surface area contributed by atoms with Crippen LogP contribution in [0.3, 0.4) is 0 Å². The van der Waals surface area contributed by atoms with Gasteiger partial charge >= 0.3 is 0 Å². The summed E-state index contributed by atoms with van der Waals surface area (Å²) in [6, 6.07) is 11.8. The second kappa shape index (κ2) is 7.29. The van der Waals surface area contributed by atoms with Crippen LogP contribution in [0.5, 0.6) is 5.75 Å². The van der Waals surface area contributed by atoms with Crippen LogP contribution >= 0.6 is 11.6 Å². The summed E-state index contributed by atoms with van der Waals surface area (Å²) in [5.41, 5.74) is 0. The lowest BCUT2D eigenvalue weighted by Crippen LogP contribution is -3.15. The van der Waals surface area contributed by atoms with E-state index in [1.807, 2.05) is 36.4 Å². The first kappa shape index (κ1) is 15.6. The number of aliphatic hydroxyl groups is 1. The predicted molar refractivity (Wildman–Crippen MR) is 86.8 cm³/mol. The maximum atomic E-state index is 10.1. The third kappa shape index (κ3) is 3.70. The zero-order chi connectivity index (χ0) is 15.4. The van der Waals surface area contributed by atoms with E-state index in [0.29, 0.717) is 17.3 Å². The lowest BCUT2D eigenvalue weighted by Gasteiger charge is -2.25. The number of hydrogen-bond donors (Lipinski definition) is 2. The molecule has 1 saturated heterocycles. The Balaban J connectivity index is 1.60. The maximum Gasteiger partial charge on any atom is 0.138 e. The molecular formula is C17H21ClNO3+. The average Bonchev–Trinajstić information content (AvgIpc) is 2.55. The van der Waals surface area contributed by atoms with Crippen LogP contribution in [0, 0.1) is 0 Å². The molecule has 0 saturated carbocycles. The minimum absolute atomic E-state index is 0.252. The highest BCUT2D eigenvalue weighted by Gasteiger charge is 2.19. The van der Waals surface area contributed by atoms with Gasteiger partial charge in [-0.3, -0.25) is 0 Å². The van der Waals surface area contributed by atoms with Gasteiger partial charge in [0.2, 0.25) is 0 Å². The van der Waals surface area contributed by atoms with E-state index in [2.05, 4.69) is 0 Å². The second-order valence-electron chi connectivity index (χ2n) is 5.63. The second-order valence-corrected chi connectivity index (χ2v) is 6.01. The molecule has 4 nitrogen and oxygen atoms in total. The molecule has 22 heavy (non-hydrogen) atoms. The fraction of sp³-hybridized carbons (Fsp3) is 0.412. The molecule has 118 valence electrons. The summed E-state index contributed by atoms with van der Waals surface area (Å²) in [6.45, 7) is 4.33. The fourth-order valence-corrected chi connectivity index (χ4v) is 3.06. The molecule has 1 atom stereocenters. The van der Waals surface area contributed by atoms with Crippen molar-refractivity contribution in [3.63, 3.8) is 0 Å². The molecule has 1 aliphatic heterocycles. The summed E-state index contributed by atoms with van der Waals surface area (Å²) in [5.74, 6) is 0.622. The van der Waals surface area contributed by atoms with Crippen LogP contribution < -0.4 is 9.64 Å². The minimum Gasteiger partial charge on any atom is -0.489 e. The van der Waals surface area contributed by atoms with Crippen LogP contribution in [0.15, 0.2) is 36.4 Å². The van der Waals surface area contributed by atoms with Crippen molar-refractivity contribution in [1.82, 2.24) is 0 Å². The first-order valence-electron chi connectivity index (χ1n) is 7.63. The smallest absolute Gasteiger partial charge is 0.138 e. The van der Waals surface area contributed by atoms with Crippen molar-refractivity contribution in [3.8, 4) is 5.75 Å². The molecule has 0 aliphatic carbocycles. The molecule has 2 aromatic carbocycles. The maximum absolute atomic E-state index is 10.1. The van der Waals surface area contributed by atoms with Gasteiger partial charge in [0, 0.05) is 5.39 Å². The summed E-state index contributed by atoms with van der Waals surface area (Å²) in [4.78, 5) is 1.35. The highest BCUT2D eigenvalue weighted by Crippen LogP contribution is 2.32. The van der Waals surface area contributed by atoms with Gasteiger partial charge in [0.25, 0.3) is 0 Å². The van der Waals surface area contributed by atoms with Crippen molar-refractivity contribution < 1.29 is 19.5 Å². The van der Waals surface area contributed by atoms with E-state index < -0.39 is 6.10 Å². The van der Waals surface area contributed by atoms with E-state index in [1.165, 1.54) is 4.90 Å². The van der Waals surface area contributed by atoms with E-state index >= 15 is 0 Å². The Hall–Kier alpha value is -1.33. The van der Waals surface area contributed by atoms with Crippen molar-refractivity contribution in [2.75, 3.05) is 39.5 Å². The van der Waals surface area contributed by atoms with E-state index in [-0.39, 0.29) is 6.61 Å². The first-order valence-corrected chi connectivity index (χ1v) is 8.01. The lowest BCUT2D eigenvalue weighted by atomic mass is 10.1. The number of hydrogen-bond acceptors (Lipinski definition) is 3. The average molecular weight is 323 g/mol. The SMILES string of the molecule is O[C@@H](COc1ccc2ccccc2c1Cl)C[NH+]1CCOCC1. The predicted octanol–water partition coefficient (Wildman–Crippen LogP) is 1.15. The van der Waals surface area contributed by atoms with Gasteiger partial charge in [-0.2, -0.15) is 0 Å². The Morgan fingerprint density at radius 3 is 2.77 bits per heavy atom. The van der Waals surface area contributed by atoms with Gasteiger partial charge < -0.3 is 19.5 Å². The molecule has 5 heteroatoms. The van der Waals surface area contributed by atoms with Crippen LogP contribution in [0.2, 0.25) is 5.02 Å². The van der Waals surface area contributed by atoms with Crippen molar-refractivity contribution in [3.05, 3.63) is 41.4 Å². The number of quaternary nitrogens is 1. The molecular weight excluding hydrogens is 302 g/mol. The molecule has 1 aliphatic rings. The Morgan fingerprint density at radius 2 is 1.95 bits per heavy atom. The highest BCUT2D eigenvalue weighted by atomic mass is 35.5. The summed E-state index contributed by atoms with van der Waals surface area (Å²) < 4.78 is 11.0. The van der Waals surface area contributed by atoms with Crippen molar-refractivity contribution in [2.24, 2.45) is 0 Å². The number of halogens is 1. The summed E-state index contributed by atoms with van der Waals surface area (Å²) in [6.07, 6.45) is -0.504. The molecule has 2 aromatic rings. The zero-order valence-corrected chi connectivity index (χ0v) is 13.2. The van der Waals surface area contributed by atoms with Gasteiger partial charge in [-0.05, 0) is 11.5 Å². The number of morpholine rings is 1. The number of nitrogens with one attached hydrogen (secondary N) is 1. The molecule has 0 unspecified atom stereocenters. The Bertz CT molecular complexity index is 628. The molecule has 0 aromatic heterocycles. The number of ether oxygens (including phenoxy) is 2. The van der Waals surface area contributed by atoms with Crippen LogP contribution in [0.1, 0.15) is 0 Å². The van der Waals surface area contributed by atoms with Crippen LogP contribution in [0.4, 0.5) is 0 Å². The summed E-state index contributed by atoms with van der Waals surface area (Å²) in [5, 5.41) is 12.8. The molecule has 2 N–H and O–H groups in total. The quantitative estimate of drug-likeness (QED) is 0.868. The summed E-state index contributed by atoms with van der Waals surface area (Å²) >= 11 is 6.39. The van der Waals surface area contributed by atoms with Crippen molar-refractivity contribution in [1.29, 1.82) is 0 Å². The Labute approximate surface area is 135 Å². The normalized spacial score (nSPS) is 17.5. The van der Waals surface area contributed by atoms with Gasteiger partial charge in [0.15, 0.2) is 0 Å². The van der Waals surface area contributed by atoms with Crippen molar-refractivity contribution >= 4 is 22.4 Å². The van der Waals surface area contributed by atoms with Crippen LogP contribution in [-0.4, -0.2) is 50.7 Å². The zero-order valence-electron chi connectivity index (χ0n) is 12.4. The van der Waals surface area contributed by atoms with Crippen LogP contribution in [0.25, 0.3) is 10.8 Å². The largest absolute Gasteiger partial charge is 0.489 e. The third-order valence-corrected chi connectivity index (χ3v) is 4.37. The van der Waals surface area contributed by atoms with E-state index in [1.54, 1.807) is 0 Å². The van der Waals surface area contributed by atoms with Gasteiger partial charge in [-0.25, -0.2) is 0 Å². The number of fused-ring (bicyclic) bond motifs is 1.